The lowest BCUT2D eigenvalue weighted by Crippen LogP contribution is -2.27. The molecule has 6 heteroatoms. The van der Waals surface area contributed by atoms with Gasteiger partial charge in [0.15, 0.2) is 9.84 Å². The topological polar surface area (TPSA) is 63.7 Å². The van der Waals surface area contributed by atoms with Crippen LogP contribution >= 0.6 is 0 Å². The van der Waals surface area contributed by atoms with Crippen molar-refractivity contribution in [3.8, 4) is 0 Å². The molecule has 0 N–H and O–H groups in total. The molecule has 1 aromatic carbocycles. The highest BCUT2D eigenvalue weighted by molar-refractivity contribution is 7.91. The van der Waals surface area contributed by atoms with Crippen LogP contribution in [-0.2, 0) is 14.6 Å². The average Bonchev–Trinajstić information content (AvgIpc) is 2.51. The molecule has 0 saturated carbocycles. The Labute approximate surface area is 126 Å². The lowest BCUT2D eigenvalue weighted by atomic mass is 10.2. The monoisotopic (exact) mass is 313 g/mol. The first-order valence-corrected chi connectivity index (χ1v) is 8.82. The van der Waals surface area contributed by atoms with Crippen LogP contribution in [0.1, 0.15) is 31.1 Å². The first-order chi connectivity index (χ1) is 9.94. The van der Waals surface area contributed by atoms with E-state index in [1.807, 2.05) is 0 Å². The number of ether oxygens (including phenoxy) is 1. The molecule has 5 nitrogen and oxygen atoms in total. The number of likely N-dealkylation sites (N-methyl/N-ethyl adjacent to an activating group) is 1. The quantitative estimate of drug-likeness (QED) is 0.687. The largest absolute Gasteiger partial charge is 0.461 e. The molecule has 0 aliphatic heterocycles. The van der Waals surface area contributed by atoms with Crippen LogP contribution in [0.3, 0.4) is 0 Å². The van der Waals surface area contributed by atoms with Crippen molar-refractivity contribution in [2.45, 2.75) is 25.7 Å². The van der Waals surface area contributed by atoms with Crippen LogP contribution in [0.4, 0.5) is 0 Å². The van der Waals surface area contributed by atoms with E-state index in [4.69, 9.17) is 4.74 Å². The molecular weight excluding hydrogens is 290 g/mol. The van der Waals surface area contributed by atoms with Crippen LogP contribution in [-0.4, -0.2) is 51.3 Å². The molecule has 0 spiro atoms. The summed E-state index contributed by atoms with van der Waals surface area (Å²) in [7, 11) is -3.23. The summed E-state index contributed by atoms with van der Waals surface area (Å²) in [5, 5.41) is 0. The summed E-state index contributed by atoms with van der Waals surface area (Å²) in [6, 6.07) is 5.87. The summed E-state index contributed by atoms with van der Waals surface area (Å²) in [5.74, 6) is -0.386. The Morgan fingerprint density at radius 1 is 1.10 bits per heavy atom. The Balaban J connectivity index is 2.60. The zero-order chi connectivity index (χ0) is 15.9. The minimum Gasteiger partial charge on any atom is -0.461 e. The van der Waals surface area contributed by atoms with Gasteiger partial charge in [0.05, 0.1) is 16.2 Å². The molecule has 0 saturated heterocycles. The smallest absolute Gasteiger partial charge is 0.338 e. The maximum absolute atomic E-state index is 11.8. The molecule has 21 heavy (non-hydrogen) atoms. The van der Waals surface area contributed by atoms with Crippen molar-refractivity contribution in [1.82, 2.24) is 4.90 Å². The van der Waals surface area contributed by atoms with Gasteiger partial charge >= 0.3 is 5.97 Å². The second-order valence-electron chi connectivity index (χ2n) is 4.59. The number of carbonyl (C=O) groups excluding carboxylic acids is 1. The van der Waals surface area contributed by atoms with E-state index < -0.39 is 15.8 Å². The zero-order valence-electron chi connectivity index (χ0n) is 12.8. The van der Waals surface area contributed by atoms with E-state index in [-0.39, 0.29) is 10.6 Å². The first kappa shape index (κ1) is 17.7. The molecule has 1 rings (SSSR count). The summed E-state index contributed by atoms with van der Waals surface area (Å²) in [4.78, 5) is 14.2. The predicted octanol–water partition coefficient (Wildman–Crippen LogP) is 1.98. The van der Waals surface area contributed by atoms with Crippen molar-refractivity contribution in [2.75, 3.05) is 32.0 Å². The third-order valence-corrected chi connectivity index (χ3v) is 5.11. The van der Waals surface area contributed by atoms with Gasteiger partial charge in [-0.25, -0.2) is 13.2 Å². The lowest BCUT2D eigenvalue weighted by molar-refractivity contribution is 0.0466. The van der Waals surface area contributed by atoms with Gasteiger partial charge in [-0.05, 0) is 37.4 Å². The fraction of sp³-hybridized carbons (Fsp3) is 0.533. The van der Waals surface area contributed by atoms with Gasteiger partial charge in [0.25, 0.3) is 0 Å². The second-order valence-corrected chi connectivity index (χ2v) is 6.87. The van der Waals surface area contributed by atoms with Crippen molar-refractivity contribution >= 4 is 15.8 Å². The molecular formula is C15H23NO4S. The van der Waals surface area contributed by atoms with Crippen LogP contribution < -0.4 is 0 Å². The minimum absolute atomic E-state index is 0.0423. The summed E-state index contributed by atoms with van der Waals surface area (Å²) in [6.07, 6.45) is 0. The van der Waals surface area contributed by atoms with Crippen molar-refractivity contribution in [3.05, 3.63) is 29.8 Å². The van der Waals surface area contributed by atoms with Crippen molar-refractivity contribution < 1.29 is 17.9 Å². The fourth-order valence-electron chi connectivity index (χ4n) is 1.86. The highest BCUT2D eigenvalue weighted by atomic mass is 32.2. The zero-order valence-corrected chi connectivity index (χ0v) is 13.6. The summed E-state index contributed by atoms with van der Waals surface area (Å²) in [6.45, 7) is 8.55. The van der Waals surface area contributed by atoms with E-state index in [1.165, 1.54) is 24.3 Å². The molecule has 0 amide bonds. The molecule has 0 aliphatic rings. The van der Waals surface area contributed by atoms with E-state index in [2.05, 4.69) is 18.7 Å². The van der Waals surface area contributed by atoms with Crippen LogP contribution in [0.2, 0.25) is 0 Å². The van der Waals surface area contributed by atoms with Crippen LogP contribution in [0.15, 0.2) is 29.2 Å². The maximum Gasteiger partial charge on any atom is 0.338 e. The van der Waals surface area contributed by atoms with Crippen LogP contribution in [0.25, 0.3) is 0 Å². The number of rotatable bonds is 8. The molecule has 0 radical (unpaired) electrons. The number of hydrogen-bond donors (Lipinski definition) is 0. The summed E-state index contributed by atoms with van der Waals surface area (Å²) < 4.78 is 28.5. The van der Waals surface area contributed by atoms with Crippen LogP contribution in [0, 0.1) is 0 Å². The Bertz CT molecular complexity index is 548. The minimum atomic E-state index is -3.23. The highest BCUT2D eigenvalue weighted by Crippen LogP contribution is 2.13. The van der Waals surface area contributed by atoms with Gasteiger partial charge in [-0.1, -0.05) is 20.8 Å². The number of esters is 1. The average molecular weight is 313 g/mol. The number of benzene rings is 1. The van der Waals surface area contributed by atoms with Gasteiger partial charge in [-0.3, -0.25) is 0 Å². The Hall–Kier alpha value is -1.40. The molecule has 0 unspecified atom stereocenters. The van der Waals surface area contributed by atoms with Crippen molar-refractivity contribution in [1.29, 1.82) is 0 Å². The van der Waals surface area contributed by atoms with Gasteiger partial charge in [-0.2, -0.15) is 0 Å². The number of nitrogens with zero attached hydrogens (tertiary/aromatic N) is 1. The summed E-state index contributed by atoms with van der Waals surface area (Å²) in [5.41, 5.74) is 0.365. The van der Waals surface area contributed by atoms with Crippen LogP contribution in [0.5, 0.6) is 0 Å². The highest BCUT2D eigenvalue weighted by Gasteiger charge is 2.13. The van der Waals surface area contributed by atoms with E-state index in [9.17, 15) is 13.2 Å². The molecule has 0 bridgehead atoms. The normalized spacial score (nSPS) is 11.6. The third-order valence-electron chi connectivity index (χ3n) is 3.36. The van der Waals surface area contributed by atoms with E-state index in [0.29, 0.717) is 18.7 Å². The van der Waals surface area contributed by atoms with E-state index in [1.54, 1.807) is 6.92 Å². The second kappa shape index (κ2) is 8.14. The Morgan fingerprint density at radius 3 is 2.14 bits per heavy atom. The van der Waals surface area contributed by atoms with Gasteiger partial charge in [-0.15, -0.1) is 0 Å². The maximum atomic E-state index is 11.8. The molecule has 0 heterocycles. The molecule has 0 atom stereocenters. The molecule has 0 aromatic heterocycles. The molecule has 0 aliphatic carbocycles. The first-order valence-electron chi connectivity index (χ1n) is 7.16. The van der Waals surface area contributed by atoms with Gasteiger partial charge in [0.2, 0.25) is 0 Å². The Kier molecular flexibility index (Phi) is 6.84. The lowest BCUT2D eigenvalue weighted by Gasteiger charge is -2.17. The standard InChI is InChI=1S/C15H23NO4S/c1-4-16(5-2)11-12-20-15(17)13-7-9-14(10-8-13)21(18,19)6-3/h7-10H,4-6,11-12H2,1-3H3. The van der Waals surface area contributed by atoms with Crippen molar-refractivity contribution in [2.24, 2.45) is 0 Å². The number of carbonyl (C=O) groups is 1. The third kappa shape index (κ3) is 5.13. The summed E-state index contributed by atoms with van der Waals surface area (Å²) >= 11 is 0. The van der Waals surface area contributed by atoms with Gasteiger partial charge in [0.1, 0.15) is 6.61 Å². The van der Waals surface area contributed by atoms with E-state index >= 15 is 0 Å². The van der Waals surface area contributed by atoms with Crippen molar-refractivity contribution in [3.63, 3.8) is 0 Å². The fourth-order valence-corrected chi connectivity index (χ4v) is 2.74. The predicted molar refractivity (Wildman–Crippen MR) is 82.2 cm³/mol. The number of hydrogen-bond acceptors (Lipinski definition) is 5. The number of sulfone groups is 1. The molecule has 0 fully saturated rings. The molecule has 1 aromatic rings. The molecule has 118 valence electrons. The van der Waals surface area contributed by atoms with E-state index in [0.717, 1.165) is 13.1 Å². The Morgan fingerprint density at radius 2 is 1.67 bits per heavy atom. The van der Waals surface area contributed by atoms with Gasteiger partial charge in [0, 0.05) is 6.54 Å². The van der Waals surface area contributed by atoms with Gasteiger partial charge < -0.3 is 9.64 Å². The SMILES string of the molecule is CCN(CC)CCOC(=O)c1ccc(S(=O)(=O)CC)cc1.